The van der Waals surface area contributed by atoms with Gasteiger partial charge in [-0.2, -0.15) is 0 Å². The molecule has 0 spiro atoms. The van der Waals surface area contributed by atoms with Gasteiger partial charge >= 0.3 is 5.97 Å². The van der Waals surface area contributed by atoms with Gasteiger partial charge in [-0.15, -0.1) is 0 Å². The smallest absolute Gasteiger partial charge is 0.306 e. The fourth-order valence-electron chi connectivity index (χ4n) is 3.80. The maximum absolute atomic E-state index is 11.8. The first-order valence-electron chi connectivity index (χ1n) is 11.7. The maximum Gasteiger partial charge on any atom is 0.306 e. The van der Waals surface area contributed by atoms with Gasteiger partial charge in [0.1, 0.15) is 6.10 Å². The molecule has 1 saturated heterocycles. The maximum atomic E-state index is 11.8. The minimum Gasteiger partial charge on any atom is -0.462 e. The van der Waals surface area contributed by atoms with Gasteiger partial charge in [0, 0.05) is 6.42 Å². The van der Waals surface area contributed by atoms with Crippen molar-refractivity contribution in [3.05, 3.63) is 0 Å². The van der Waals surface area contributed by atoms with Crippen LogP contribution in [0, 0.1) is 0 Å². The topological polar surface area (TPSA) is 38.3 Å². The van der Waals surface area contributed by atoms with Crippen LogP contribution in [0.25, 0.3) is 0 Å². The third-order valence-corrected chi connectivity index (χ3v) is 5.57. The second-order valence-electron chi connectivity index (χ2n) is 8.14. The molecule has 0 radical (unpaired) electrons. The molecule has 1 fully saturated rings. The SMILES string of the molecule is CCCCCCCCCCCCCCCCCC(=O)OC1CCNCC1. The third-order valence-electron chi connectivity index (χ3n) is 5.57. The first-order chi connectivity index (χ1) is 12.8. The number of hydrogen-bond donors (Lipinski definition) is 1. The molecule has 0 amide bonds. The summed E-state index contributed by atoms with van der Waals surface area (Å²) in [5.41, 5.74) is 0. The molecule has 1 heterocycles. The highest BCUT2D eigenvalue weighted by Gasteiger charge is 2.16. The van der Waals surface area contributed by atoms with Crippen molar-refractivity contribution >= 4 is 5.97 Å². The lowest BCUT2D eigenvalue weighted by Crippen LogP contribution is -2.33. The minimum absolute atomic E-state index is 0.0200. The molecule has 3 heteroatoms. The highest BCUT2D eigenvalue weighted by molar-refractivity contribution is 5.69. The van der Waals surface area contributed by atoms with E-state index in [1.165, 1.54) is 89.9 Å². The summed E-state index contributed by atoms with van der Waals surface area (Å²) in [7, 11) is 0. The number of ether oxygens (including phenoxy) is 1. The zero-order chi connectivity index (χ0) is 18.7. The van der Waals surface area contributed by atoms with Gasteiger partial charge in [-0.25, -0.2) is 0 Å². The zero-order valence-corrected chi connectivity index (χ0v) is 17.5. The van der Waals surface area contributed by atoms with E-state index < -0.39 is 0 Å². The lowest BCUT2D eigenvalue weighted by Gasteiger charge is -2.22. The lowest BCUT2D eigenvalue weighted by atomic mass is 10.0. The normalized spacial score (nSPS) is 15.3. The highest BCUT2D eigenvalue weighted by atomic mass is 16.5. The van der Waals surface area contributed by atoms with Crippen LogP contribution < -0.4 is 5.32 Å². The number of rotatable bonds is 17. The summed E-state index contributed by atoms with van der Waals surface area (Å²) in [5, 5.41) is 3.30. The quantitative estimate of drug-likeness (QED) is 0.234. The van der Waals surface area contributed by atoms with Crippen LogP contribution in [0.15, 0.2) is 0 Å². The second-order valence-corrected chi connectivity index (χ2v) is 8.14. The molecule has 26 heavy (non-hydrogen) atoms. The number of carbonyl (C=O) groups excluding carboxylic acids is 1. The van der Waals surface area contributed by atoms with Crippen LogP contribution in [0.2, 0.25) is 0 Å². The predicted octanol–water partition coefficient (Wildman–Crippen LogP) is 6.54. The minimum atomic E-state index is 0.0200. The van der Waals surface area contributed by atoms with E-state index in [9.17, 15) is 4.79 Å². The summed E-state index contributed by atoms with van der Waals surface area (Å²) < 4.78 is 5.53. The van der Waals surface area contributed by atoms with E-state index in [0.717, 1.165) is 32.4 Å². The average molecular weight is 368 g/mol. The Kier molecular flexibility index (Phi) is 16.1. The number of hydrogen-bond acceptors (Lipinski definition) is 3. The summed E-state index contributed by atoms with van der Waals surface area (Å²) in [6.45, 7) is 4.25. The molecule has 0 aromatic carbocycles. The van der Waals surface area contributed by atoms with Gasteiger partial charge in [0.15, 0.2) is 0 Å². The molecule has 0 aliphatic carbocycles. The van der Waals surface area contributed by atoms with Crippen molar-refractivity contribution in [2.45, 2.75) is 129 Å². The van der Waals surface area contributed by atoms with Gasteiger partial charge in [-0.3, -0.25) is 4.79 Å². The predicted molar refractivity (Wildman–Crippen MR) is 112 cm³/mol. The van der Waals surface area contributed by atoms with Crippen LogP contribution in [-0.2, 0) is 9.53 Å². The molecule has 0 aromatic heterocycles. The Labute approximate surface area is 163 Å². The fraction of sp³-hybridized carbons (Fsp3) is 0.957. The molecule has 1 rings (SSSR count). The van der Waals surface area contributed by atoms with Gasteiger partial charge in [0.2, 0.25) is 0 Å². The van der Waals surface area contributed by atoms with Crippen molar-refractivity contribution < 1.29 is 9.53 Å². The van der Waals surface area contributed by atoms with E-state index in [2.05, 4.69) is 12.2 Å². The molecule has 0 atom stereocenters. The Morgan fingerprint density at radius 2 is 1.15 bits per heavy atom. The molecule has 0 aromatic rings. The van der Waals surface area contributed by atoms with Gasteiger partial charge in [0.25, 0.3) is 0 Å². The van der Waals surface area contributed by atoms with Crippen molar-refractivity contribution in [2.24, 2.45) is 0 Å². The van der Waals surface area contributed by atoms with Crippen molar-refractivity contribution in [1.82, 2.24) is 5.32 Å². The van der Waals surface area contributed by atoms with E-state index >= 15 is 0 Å². The molecule has 1 N–H and O–H groups in total. The fourth-order valence-corrected chi connectivity index (χ4v) is 3.80. The van der Waals surface area contributed by atoms with Gasteiger partial charge in [-0.05, 0) is 32.4 Å². The van der Waals surface area contributed by atoms with Crippen LogP contribution in [0.3, 0.4) is 0 Å². The van der Waals surface area contributed by atoms with E-state index in [4.69, 9.17) is 4.74 Å². The molecule has 154 valence electrons. The van der Waals surface area contributed by atoms with E-state index in [-0.39, 0.29) is 12.1 Å². The van der Waals surface area contributed by atoms with Gasteiger partial charge in [-0.1, -0.05) is 96.8 Å². The Balaban J connectivity index is 1.73. The van der Waals surface area contributed by atoms with Crippen molar-refractivity contribution in [1.29, 1.82) is 0 Å². The first kappa shape index (κ1) is 23.5. The summed E-state index contributed by atoms with van der Waals surface area (Å²) in [4.78, 5) is 11.8. The number of esters is 1. The summed E-state index contributed by atoms with van der Waals surface area (Å²) >= 11 is 0. The molecule has 3 nitrogen and oxygen atoms in total. The Morgan fingerprint density at radius 3 is 1.62 bits per heavy atom. The first-order valence-corrected chi connectivity index (χ1v) is 11.7. The third kappa shape index (κ3) is 14.6. The highest BCUT2D eigenvalue weighted by Crippen LogP contribution is 2.14. The van der Waals surface area contributed by atoms with Crippen molar-refractivity contribution in [3.63, 3.8) is 0 Å². The van der Waals surface area contributed by atoms with Gasteiger partial charge < -0.3 is 10.1 Å². The van der Waals surface area contributed by atoms with E-state index in [1.54, 1.807) is 0 Å². The molecule has 0 saturated carbocycles. The van der Waals surface area contributed by atoms with Crippen LogP contribution in [0.1, 0.15) is 122 Å². The van der Waals surface area contributed by atoms with Crippen LogP contribution >= 0.6 is 0 Å². The number of unbranched alkanes of at least 4 members (excludes halogenated alkanes) is 14. The Bertz CT molecular complexity index is 313. The van der Waals surface area contributed by atoms with E-state index in [0.29, 0.717) is 6.42 Å². The lowest BCUT2D eigenvalue weighted by molar-refractivity contribution is -0.150. The summed E-state index contributed by atoms with van der Waals surface area (Å²) in [6, 6.07) is 0. The molecule has 1 aliphatic heterocycles. The molecule has 0 bridgehead atoms. The second kappa shape index (κ2) is 17.8. The number of piperidine rings is 1. The number of carbonyl (C=O) groups is 1. The van der Waals surface area contributed by atoms with Crippen LogP contribution in [-0.4, -0.2) is 25.2 Å². The van der Waals surface area contributed by atoms with Crippen LogP contribution in [0.5, 0.6) is 0 Å². The summed E-state index contributed by atoms with van der Waals surface area (Å²) in [5.74, 6) is 0.0200. The largest absolute Gasteiger partial charge is 0.462 e. The monoisotopic (exact) mass is 367 g/mol. The molecule has 0 unspecified atom stereocenters. The van der Waals surface area contributed by atoms with E-state index in [1.807, 2.05) is 0 Å². The van der Waals surface area contributed by atoms with Crippen molar-refractivity contribution in [3.8, 4) is 0 Å². The number of nitrogens with one attached hydrogen (secondary N) is 1. The molecule has 1 aliphatic rings. The Hall–Kier alpha value is -0.570. The van der Waals surface area contributed by atoms with Crippen molar-refractivity contribution in [2.75, 3.05) is 13.1 Å². The molecular formula is C23H45NO2. The van der Waals surface area contributed by atoms with Crippen LogP contribution in [0.4, 0.5) is 0 Å². The Morgan fingerprint density at radius 1 is 0.731 bits per heavy atom. The molecular weight excluding hydrogens is 322 g/mol. The van der Waals surface area contributed by atoms with Gasteiger partial charge in [0.05, 0.1) is 0 Å². The summed E-state index contributed by atoms with van der Waals surface area (Å²) in [6.07, 6.45) is 23.1. The standard InChI is InChI=1S/C23H45NO2/c1-2-3-4-5-6-7-8-9-10-11-12-13-14-15-16-17-23(25)26-22-18-20-24-21-19-22/h22,24H,2-21H2,1H3. The average Bonchev–Trinajstić information content (AvgIpc) is 2.65. The zero-order valence-electron chi connectivity index (χ0n) is 17.5.